The van der Waals surface area contributed by atoms with Crippen LogP contribution >= 0.6 is 27.0 Å². The minimum Gasteiger partial charge on any atom is -0.478 e. The molecule has 0 saturated carbocycles. The van der Waals surface area contributed by atoms with Crippen molar-refractivity contribution in [1.29, 1.82) is 0 Å². The lowest BCUT2D eigenvalue weighted by atomic mass is 10.2. The minimum absolute atomic E-state index is 0.133. The molecule has 0 aliphatic carbocycles. The summed E-state index contributed by atoms with van der Waals surface area (Å²) in [6.07, 6.45) is 0. The molecule has 0 aromatic heterocycles. The Balaban J connectivity index is 3.23. The summed E-state index contributed by atoms with van der Waals surface area (Å²) in [5.74, 6) is -1.36. The van der Waals surface area contributed by atoms with E-state index < -0.39 is 25.9 Å². The SMILES string of the molecule is O=C(O)c1ccccc1SC(P(=O)(O)O)P(=O)(O)O. The number of carboxylic acids is 1. The van der Waals surface area contributed by atoms with Gasteiger partial charge < -0.3 is 24.7 Å². The van der Waals surface area contributed by atoms with Crippen LogP contribution in [0, 0.1) is 0 Å². The van der Waals surface area contributed by atoms with Crippen molar-refractivity contribution in [2.24, 2.45) is 0 Å². The fraction of sp³-hybridized carbons (Fsp3) is 0.125. The highest BCUT2D eigenvalue weighted by atomic mass is 32.2. The van der Waals surface area contributed by atoms with E-state index >= 15 is 0 Å². The highest BCUT2D eigenvalue weighted by molar-refractivity contribution is 8.12. The van der Waals surface area contributed by atoms with E-state index in [-0.39, 0.29) is 22.2 Å². The largest absolute Gasteiger partial charge is 0.478 e. The lowest BCUT2D eigenvalue weighted by Gasteiger charge is -2.19. The highest BCUT2D eigenvalue weighted by Crippen LogP contribution is 2.66. The Morgan fingerprint density at radius 2 is 1.53 bits per heavy atom. The Morgan fingerprint density at radius 1 is 1.05 bits per heavy atom. The standard InChI is InChI=1S/C8H10O8P2S/c9-7(10)5-3-1-2-4-6(5)19-8(17(11,12)13)18(14,15)16/h1-4,8H,(H,9,10)(H2,11,12,13)(H2,14,15,16). The molecule has 1 aromatic carbocycles. The van der Waals surface area contributed by atoms with Gasteiger partial charge in [0.15, 0.2) is 0 Å². The second kappa shape index (κ2) is 5.76. The van der Waals surface area contributed by atoms with Gasteiger partial charge in [-0.1, -0.05) is 23.9 Å². The summed E-state index contributed by atoms with van der Waals surface area (Å²) in [6, 6.07) is 5.16. The van der Waals surface area contributed by atoms with Gasteiger partial charge in [0.2, 0.25) is 4.73 Å². The maximum Gasteiger partial charge on any atom is 0.351 e. The molecular weight excluding hydrogens is 318 g/mol. The maximum absolute atomic E-state index is 11.1. The molecule has 0 unspecified atom stereocenters. The average Bonchev–Trinajstić information content (AvgIpc) is 2.23. The van der Waals surface area contributed by atoms with Crippen molar-refractivity contribution in [3.63, 3.8) is 0 Å². The van der Waals surface area contributed by atoms with Gasteiger partial charge in [-0.3, -0.25) is 9.13 Å². The van der Waals surface area contributed by atoms with Gasteiger partial charge in [0.25, 0.3) is 0 Å². The molecule has 5 N–H and O–H groups in total. The number of aromatic carboxylic acids is 1. The van der Waals surface area contributed by atoms with E-state index in [1.165, 1.54) is 24.3 Å². The van der Waals surface area contributed by atoms with E-state index in [2.05, 4.69) is 0 Å². The number of carboxylic acid groups (broad SMARTS) is 1. The molecule has 0 fully saturated rings. The van der Waals surface area contributed by atoms with Crippen LogP contribution in [0.15, 0.2) is 29.2 Å². The van der Waals surface area contributed by atoms with Gasteiger partial charge in [-0.2, -0.15) is 0 Å². The number of benzene rings is 1. The van der Waals surface area contributed by atoms with Crippen LogP contribution in [0.5, 0.6) is 0 Å². The number of hydrogen-bond donors (Lipinski definition) is 5. The lowest BCUT2D eigenvalue weighted by molar-refractivity contribution is 0.0693. The summed E-state index contributed by atoms with van der Waals surface area (Å²) in [5, 5.41) is 8.88. The molecule has 0 heterocycles. The average molecular weight is 328 g/mol. The van der Waals surface area contributed by atoms with Crippen molar-refractivity contribution in [2.75, 3.05) is 0 Å². The second-order valence-electron chi connectivity index (χ2n) is 3.42. The molecule has 8 nitrogen and oxygen atoms in total. The Labute approximate surface area is 111 Å². The van der Waals surface area contributed by atoms with Gasteiger partial charge in [0.1, 0.15) is 0 Å². The van der Waals surface area contributed by atoms with Crippen molar-refractivity contribution < 1.29 is 38.6 Å². The molecule has 0 aliphatic rings. The van der Waals surface area contributed by atoms with Crippen molar-refractivity contribution in [2.45, 2.75) is 9.63 Å². The van der Waals surface area contributed by atoms with Crippen molar-refractivity contribution in [1.82, 2.24) is 0 Å². The fourth-order valence-corrected chi connectivity index (χ4v) is 5.21. The lowest BCUT2D eigenvalue weighted by Crippen LogP contribution is -2.06. The van der Waals surface area contributed by atoms with Gasteiger partial charge in [0, 0.05) is 4.90 Å². The molecule has 19 heavy (non-hydrogen) atoms. The van der Waals surface area contributed by atoms with Crippen LogP contribution < -0.4 is 0 Å². The van der Waals surface area contributed by atoms with E-state index in [1.807, 2.05) is 0 Å². The highest BCUT2D eigenvalue weighted by Gasteiger charge is 2.44. The maximum atomic E-state index is 11.1. The Kier molecular flexibility index (Phi) is 4.97. The third-order valence-corrected chi connectivity index (χ3v) is 7.98. The molecule has 1 aromatic rings. The number of thioether (sulfide) groups is 1. The molecule has 0 radical (unpaired) electrons. The van der Waals surface area contributed by atoms with E-state index in [0.29, 0.717) is 0 Å². The predicted octanol–water partition coefficient (Wildman–Crippen LogP) is 1.12. The topological polar surface area (TPSA) is 152 Å². The summed E-state index contributed by atoms with van der Waals surface area (Å²) in [6.45, 7) is 0. The number of hydrogen-bond acceptors (Lipinski definition) is 4. The van der Waals surface area contributed by atoms with Gasteiger partial charge in [-0.15, -0.1) is 0 Å². The van der Waals surface area contributed by atoms with Crippen LogP contribution in [0.25, 0.3) is 0 Å². The van der Waals surface area contributed by atoms with E-state index in [1.54, 1.807) is 0 Å². The quantitative estimate of drug-likeness (QED) is 0.395. The predicted molar refractivity (Wildman–Crippen MR) is 67.1 cm³/mol. The zero-order valence-corrected chi connectivity index (χ0v) is 11.8. The van der Waals surface area contributed by atoms with Gasteiger partial charge >= 0.3 is 21.2 Å². The summed E-state index contributed by atoms with van der Waals surface area (Å²) >= 11 is 0.150. The first-order valence-corrected chi connectivity index (χ1v) is 8.87. The number of rotatable bonds is 5. The van der Waals surface area contributed by atoms with E-state index in [9.17, 15) is 13.9 Å². The molecule has 1 rings (SSSR count). The second-order valence-corrected chi connectivity index (χ2v) is 9.07. The van der Waals surface area contributed by atoms with Crippen LogP contribution in [0.3, 0.4) is 0 Å². The Hall–Kier alpha value is -0.660. The zero-order chi connectivity index (χ0) is 14.8. The summed E-state index contributed by atoms with van der Waals surface area (Å²) < 4.78 is 19.9. The molecule has 0 saturated heterocycles. The normalized spacial score (nSPS) is 12.7. The first-order valence-electron chi connectivity index (χ1n) is 4.63. The van der Waals surface area contributed by atoms with E-state index in [0.717, 1.165) is 0 Å². The first kappa shape index (κ1) is 16.4. The molecule has 0 aliphatic heterocycles. The fourth-order valence-electron chi connectivity index (χ4n) is 1.19. The van der Waals surface area contributed by atoms with Crippen molar-refractivity contribution >= 4 is 32.9 Å². The molecule has 11 heteroatoms. The summed E-state index contributed by atoms with van der Waals surface area (Å²) in [5.41, 5.74) is -0.292. The van der Waals surface area contributed by atoms with Crippen LogP contribution in [-0.2, 0) is 9.13 Å². The first-order chi connectivity index (χ1) is 8.53. The van der Waals surface area contributed by atoms with E-state index in [4.69, 9.17) is 24.7 Å². The van der Waals surface area contributed by atoms with Gasteiger partial charge in [-0.25, -0.2) is 4.79 Å². The number of carbonyl (C=O) groups is 1. The smallest absolute Gasteiger partial charge is 0.351 e. The van der Waals surface area contributed by atoms with Crippen molar-refractivity contribution in [3.05, 3.63) is 29.8 Å². The van der Waals surface area contributed by atoms with Crippen LogP contribution in [0.4, 0.5) is 0 Å². The molecular formula is C8H10O8P2S. The Bertz CT molecular complexity index is 554. The molecule has 0 amide bonds. The molecule has 106 valence electrons. The van der Waals surface area contributed by atoms with Crippen molar-refractivity contribution in [3.8, 4) is 0 Å². The van der Waals surface area contributed by atoms with Gasteiger partial charge in [-0.05, 0) is 12.1 Å². The third kappa shape index (κ3) is 4.43. The van der Waals surface area contributed by atoms with Crippen LogP contribution in [-0.4, -0.2) is 35.4 Å². The summed E-state index contributed by atoms with van der Waals surface area (Å²) in [7, 11) is -10.2. The third-order valence-electron chi connectivity index (χ3n) is 1.93. The molecule has 0 bridgehead atoms. The van der Waals surface area contributed by atoms with Crippen LogP contribution in [0.1, 0.15) is 10.4 Å². The molecule has 0 atom stereocenters. The zero-order valence-electron chi connectivity index (χ0n) is 9.15. The minimum atomic E-state index is -5.11. The monoisotopic (exact) mass is 328 g/mol. The van der Waals surface area contributed by atoms with Gasteiger partial charge in [0.05, 0.1) is 5.56 Å². The van der Waals surface area contributed by atoms with Crippen LogP contribution in [0.2, 0.25) is 0 Å². The Morgan fingerprint density at radius 3 is 1.95 bits per heavy atom. The molecule has 0 spiro atoms. The summed E-state index contributed by atoms with van der Waals surface area (Å²) in [4.78, 5) is 46.6.